The molecule has 3 heterocycles. The number of hydrogen-bond acceptors (Lipinski definition) is 3. The van der Waals surface area contributed by atoms with E-state index < -0.39 is 0 Å². The summed E-state index contributed by atoms with van der Waals surface area (Å²) in [7, 11) is 0. The molecule has 1 aromatic rings. The van der Waals surface area contributed by atoms with Gasteiger partial charge >= 0.3 is 0 Å². The highest BCUT2D eigenvalue weighted by atomic mass is 32.1. The average molecular weight is 222 g/mol. The zero-order valence-corrected chi connectivity index (χ0v) is 9.88. The molecule has 2 aliphatic heterocycles. The van der Waals surface area contributed by atoms with Gasteiger partial charge in [0.2, 0.25) is 0 Å². The van der Waals surface area contributed by atoms with Crippen LogP contribution in [0.4, 0.5) is 0 Å². The Balaban J connectivity index is 1.59. The second kappa shape index (κ2) is 4.24. The smallest absolute Gasteiger partial charge is 0.0243 e. The Hall–Kier alpha value is -0.380. The molecule has 0 saturated carbocycles. The number of rotatable bonds is 2. The van der Waals surface area contributed by atoms with Crippen molar-refractivity contribution in [2.75, 3.05) is 26.2 Å². The quantitative estimate of drug-likeness (QED) is 0.755. The van der Waals surface area contributed by atoms with Gasteiger partial charge < -0.3 is 0 Å². The highest BCUT2D eigenvalue weighted by molar-refractivity contribution is 7.07. The highest BCUT2D eigenvalue weighted by Gasteiger charge is 2.30. The maximum atomic E-state index is 2.67. The molecule has 0 bridgehead atoms. The van der Waals surface area contributed by atoms with E-state index >= 15 is 0 Å². The van der Waals surface area contributed by atoms with Gasteiger partial charge in [0.05, 0.1) is 0 Å². The SMILES string of the molecule is c1cc(CN2CCN3CCCC3C2)cs1. The van der Waals surface area contributed by atoms with Gasteiger partial charge in [-0.1, -0.05) is 0 Å². The molecule has 0 aliphatic carbocycles. The van der Waals surface area contributed by atoms with Crippen molar-refractivity contribution in [3.8, 4) is 0 Å². The molecule has 82 valence electrons. The van der Waals surface area contributed by atoms with Crippen molar-refractivity contribution in [3.63, 3.8) is 0 Å². The summed E-state index contributed by atoms with van der Waals surface area (Å²) in [6.07, 6.45) is 2.83. The minimum Gasteiger partial charge on any atom is -0.298 e. The van der Waals surface area contributed by atoms with Crippen LogP contribution in [-0.4, -0.2) is 42.0 Å². The van der Waals surface area contributed by atoms with Crippen LogP contribution >= 0.6 is 11.3 Å². The molecular weight excluding hydrogens is 204 g/mol. The summed E-state index contributed by atoms with van der Waals surface area (Å²) in [6.45, 7) is 6.34. The van der Waals surface area contributed by atoms with Crippen molar-refractivity contribution in [2.24, 2.45) is 0 Å². The fourth-order valence-corrected chi connectivity index (χ4v) is 3.50. The minimum atomic E-state index is 0.859. The summed E-state index contributed by atoms with van der Waals surface area (Å²) in [6, 6.07) is 3.11. The van der Waals surface area contributed by atoms with Crippen LogP contribution in [-0.2, 0) is 6.54 Å². The molecule has 0 radical (unpaired) electrons. The molecule has 0 N–H and O–H groups in total. The van der Waals surface area contributed by atoms with E-state index in [9.17, 15) is 0 Å². The van der Waals surface area contributed by atoms with Crippen LogP contribution in [0.3, 0.4) is 0 Å². The molecular formula is C12H18N2S. The van der Waals surface area contributed by atoms with E-state index in [0.717, 1.165) is 12.6 Å². The third-order valence-electron chi connectivity index (χ3n) is 3.66. The largest absolute Gasteiger partial charge is 0.298 e. The van der Waals surface area contributed by atoms with Gasteiger partial charge in [0.1, 0.15) is 0 Å². The van der Waals surface area contributed by atoms with Crippen LogP contribution < -0.4 is 0 Å². The van der Waals surface area contributed by atoms with E-state index in [2.05, 4.69) is 26.6 Å². The monoisotopic (exact) mass is 222 g/mol. The van der Waals surface area contributed by atoms with Crippen LogP contribution in [0, 0.1) is 0 Å². The van der Waals surface area contributed by atoms with Crippen molar-refractivity contribution in [1.29, 1.82) is 0 Å². The standard InChI is InChI=1S/C12H18N2S/c1-2-12-9-13(5-6-14(12)4-1)8-11-3-7-15-10-11/h3,7,10,12H,1-2,4-6,8-9H2. The highest BCUT2D eigenvalue weighted by Crippen LogP contribution is 2.22. The lowest BCUT2D eigenvalue weighted by atomic mass is 10.1. The summed E-state index contributed by atoms with van der Waals surface area (Å²) >= 11 is 1.81. The molecule has 2 fully saturated rings. The number of fused-ring (bicyclic) bond motifs is 1. The fourth-order valence-electron chi connectivity index (χ4n) is 2.84. The molecule has 2 aliphatic rings. The van der Waals surface area contributed by atoms with Crippen molar-refractivity contribution in [1.82, 2.24) is 9.80 Å². The average Bonchev–Trinajstić information content (AvgIpc) is 2.87. The molecule has 1 atom stereocenters. The van der Waals surface area contributed by atoms with E-state index in [1.54, 1.807) is 0 Å². The molecule has 2 nitrogen and oxygen atoms in total. The molecule has 0 amide bonds. The number of piperazine rings is 1. The summed E-state index contributed by atoms with van der Waals surface area (Å²) in [5.74, 6) is 0. The number of hydrogen-bond donors (Lipinski definition) is 0. The Labute approximate surface area is 95.5 Å². The number of nitrogens with zero attached hydrogens (tertiary/aromatic N) is 2. The molecule has 3 rings (SSSR count). The molecule has 1 aromatic heterocycles. The van der Waals surface area contributed by atoms with E-state index in [1.807, 2.05) is 11.3 Å². The maximum absolute atomic E-state index is 2.67. The van der Waals surface area contributed by atoms with Crippen molar-refractivity contribution >= 4 is 11.3 Å². The first kappa shape index (κ1) is 9.82. The Morgan fingerprint density at radius 2 is 2.33 bits per heavy atom. The van der Waals surface area contributed by atoms with Crippen molar-refractivity contribution < 1.29 is 0 Å². The zero-order valence-electron chi connectivity index (χ0n) is 9.06. The Kier molecular flexibility index (Phi) is 2.77. The second-order valence-corrected chi connectivity index (χ2v) is 5.48. The van der Waals surface area contributed by atoms with E-state index in [0.29, 0.717) is 0 Å². The molecule has 1 unspecified atom stereocenters. The summed E-state index contributed by atoms with van der Waals surface area (Å²) in [5.41, 5.74) is 1.49. The molecule has 2 saturated heterocycles. The Morgan fingerprint density at radius 1 is 1.33 bits per heavy atom. The van der Waals surface area contributed by atoms with Crippen LogP contribution in [0.2, 0.25) is 0 Å². The predicted octanol–water partition coefficient (Wildman–Crippen LogP) is 2.03. The van der Waals surface area contributed by atoms with Gasteiger partial charge in [-0.15, -0.1) is 0 Å². The Morgan fingerprint density at radius 3 is 3.20 bits per heavy atom. The van der Waals surface area contributed by atoms with Gasteiger partial charge in [-0.2, -0.15) is 11.3 Å². The molecule has 0 spiro atoms. The van der Waals surface area contributed by atoms with Crippen LogP contribution in [0.25, 0.3) is 0 Å². The predicted molar refractivity (Wildman–Crippen MR) is 64.2 cm³/mol. The molecule has 15 heavy (non-hydrogen) atoms. The second-order valence-electron chi connectivity index (χ2n) is 4.70. The van der Waals surface area contributed by atoms with E-state index in [-0.39, 0.29) is 0 Å². The van der Waals surface area contributed by atoms with Gasteiger partial charge in [0.25, 0.3) is 0 Å². The maximum Gasteiger partial charge on any atom is 0.0243 e. The molecule has 3 heteroatoms. The molecule has 0 aromatic carbocycles. The lowest BCUT2D eigenvalue weighted by Crippen LogP contribution is -2.49. The summed E-state index contributed by atoms with van der Waals surface area (Å²) in [4.78, 5) is 5.29. The number of thiophene rings is 1. The zero-order chi connectivity index (χ0) is 10.1. The van der Waals surface area contributed by atoms with Crippen molar-refractivity contribution in [3.05, 3.63) is 22.4 Å². The van der Waals surface area contributed by atoms with Gasteiger partial charge in [0.15, 0.2) is 0 Å². The third kappa shape index (κ3) is 2.10. The fraction of sp³-hybridized carbons (Fsp3) is 0.667. The van der Waals surface area contributed by atoms with Gasteiger partial charge in [0, 0.05) is 32.2 Å². The van der Waals surface area contributed by atoms with Gasteiger partial charge in [-0.05, 0) is 41.8 Å². The van der Waals surface area contributed by atoms with Gasteiger partial charge in [-0.3, -0.25) is 9.80 Å². The van der Waals surface area contributed by atoms with Crippen LogP contribution in [0.15, 0.2) is 16.8 Å². The minimum absolute atomic E-state index is 0.859. The lowest BCUT2D eigenvalue weighted by molar-refractivity contribution is 0.0995. The van der Waals surface area contributed by atoms with Crippen molar-refractivity contribution in [2.45, 2.75) is 25.4 Å². The van der Waals surface area contributed by atoms with E-state index in [4.69, 9.17) is 0 Å². The summed E-state index contributed by atoms with van der Waals surface area (Å²) in [5, 5.41) is 4.46. The van der Waals surface area contributed by atoms with Gasteiger partial charge in [-0.25, -0.2) is 0 Å². The third-order valence-corrected chi connectivity index (χ3v) is 4.39. The first-order valence-electron chi connectivity index (χ1n) is 5.89. The summed E-state index contributed by atoms with van der Waals surface area (Å²) < 4.78 is 0. The first-order chi connectivity index (χ1) is 7.42. The van der Waals surface area contributed by atoms with Crippen LogP contribution in [0.5, 0.6) is 0 Å². The normalized spacial score (nSPS) is 28.1. The Bertz CT molecular complexity index is 309. The van der Waals surface area contributed by atoms with Crippen LogP contribution in [0.1, 0.15) is 18.4 Å². The first-order valence-corrected chi connectivity index (χ1v) is 6.83. The lowest BCUT2D eigenvalue weighted by Gasteiger charge is -2.37. The van der Waals surface area contributed by atoms with E-state index in [1.165, 1.54) is 44.6 Å². The topological polar surface area (TPSA) is 6.48 Å².